The van der Waals surface area contributed by atoms with Gasteiger partial charge < -0.3 is 0 Å². The molecule has 0 fully saturated rings. The van der Waals surface area contributed by atoms with Crippen LogP contribution in [0.2, 0.25) is 0 Å². The summed E-state index contributed by atoms with van der Waals surface area (Å²) in [5.41, 5.74) is 2.05. The minimum atomic E-state index is -3.68. The Morgan fingerprint density at radius 1 is 0.600 bits per heavy atom. The lowest BCUT2D eigenvalue weighted by molar-refractivity contribution is 0.306. The number of hydrogen-bond donors (Lipinski definition) is 0. The molecule has 30 heavy (non-hydrogen) atoms. The van der Waals surface area contributed by atoms with Gasteiger partial charge in [-0.05, 0) is 51.0 Å². The molecule has 5 nitrogen and oxygen atoms in total. The molecule has 0 aromatic heterocycles. The van der Waals surface area contributed by atoms with E-state index in [1.54, 1.807) is 36.4 Å². The third kappa shape index (κ3) is 8.20. The predicted molar refractivity (Wildman–Crippen MR) is 120 cm³/mol. The van der Waals surface area contributed by atoms with Crippen LogP contribution in [0.4, 0.5) is 0 Å². The highest BCUT2D eigenvalue weighted by atomic mass is 32.2. The monoisotopic (exact) mass is 452 g/mol. The summed E-state index contributed by atoms with van der Waals surface area (Å²) in [6, 6.07) is 13.6. The minimum absolute atomic E-state index is 0.181. The Balaban J connectivity index is 1.54. The lowest BCUT2D eigenvalue weighted by Gasteiger charge is -2.07. The van der Waals surface area contributed by atoms with E-state index < -0.39 is 20.0 Å². The van der Waals surface area contributed by atoms with Crippen molar-refractivity contribution in [3.8, 4) is 0 Å². The lowest BCUT2D eigenvalue weighted by atomic mass is 10.1. The molecule has 0 unspecified atom stereocenters. The first-order valence-electron chi connectivity index (χ1n) is 10.5. The molecule has 0 heterocycles. The van der Waals surface area contributed by atoms with Crippen LogP contribution in [0.25, 0.3) is 0 Å². The van der Waals surface area contributed by atoms with Crippen molar-refractivity contribution in [2.24, 2.45) is 0 Å². The molecule has 0 aliphatic heterocycles. The van der Waals surface area contributed by atoms with Crippen molar-refractivity contribution in [2.45, 2.75) is 68.6 Å². The average molecular weight is 453 g/mol. The number of hydrogen-bond acceptors (Lipinski definition) is 5. The van der Waals surface area contributed by atoms with Crippen LogP contribution in [0.5, 0.6) is 0 Å². The molecule has 0 N–H and O–H groups in total. The molecule has 0 atom stereocenters. The smallest absolute Gasteiger partial charge is 0.266 e. The van der Waals surface area contributed by atoms with E-state index in [1.165, 1.54) is 0 Å². The molecule has 0 saturated heterocycles. The largest absolute Gasteiger partial charge is 0.296 e. The van der Waals surface area contributed by atoms with Gasteiger partial charge >= 0.3 is 0 Å². The van der Waals surface area contributed by atoms with Crippen molar-refractivity contribution < 1.29 is 21.0 Å². The third-order valence-corrected chi connectivity index (χ3v) is 8.13. The molecular formula is C23H32O5S2. The highest BCUT2D eigenvalue weighted by Gasteiger charge is 2.14. The molecule has 0 aliphatic rings. The van der Waals surface area contributed by atoms with Crippen molar-refractivity contribution in [1.82, 2.24) is 0 Å². The third-order valence-electron chi connectivity index (χ3n) is 4.99. The summed E-state index contributed by atoms with van der Waals surface area (Å²) in [5.74, 6) is 0.181. The van der Waals surface area contributed by atoms with Crippen molar-refractivity contribution in [2.75, 3.05) is 12.4 Å². The van der Waals surface area contributed by atoms with Crippen molar-refractivity contribution in [1.29, 1.82) is 0 Å². The molecule has 0 amide bonds. The second kappa shape index (κ2) is 11.6. The van der Waals surface area contributed by atoms with Gasteiger partial charge in [-0.15, -0.1) is 0 Å². The predicted octanol–water partition coefficient (Wildman–Crippen LogP) is 5.21. The van der Waals surface area contributed by atoms with E-state index in [0.29, 0.717) is 17.7 Å². The zero-order valence-corrected chi connectivity index (χ0v) is 19.5. The van der Waals surface area contributed by atoms with Crippen LogP contribution in [-0.2, 0) is 24.1 Å². The van der Waals surface area contributed by atoms with Gasteiger partial charge in [0.1, 0.15) is 0 Å². The van der Waals surface area contributed by atoms with E-state index in [1.807, 2.05) is 26.0 Å². The Morgan fingerprint density at radius 2 is 1.03 bits per heavy atom. The second-order valence-electron chi connectivity index (χ2n) is 7.70. The minimum Gasteiger partial charge on any atom is -0.266 e. The highest BCUT2D eigenvalue weighted by Crippen LogP contribution is 2.16. The van der Waals surface area contributed by atoms with E-state index in [0.717, 1.165) is 43.2 Å². The van der Waals surface area contributed by atoms with Crippen molar-refractivity contribution in [3.63, 3.8) is 0 Å². The molecule has 0 aliphatic carbocycles. The fraction of sp³-hybridized carbons (Fsp3) is 0.478. The van der Waals surface area contributed by atoms with Gasteiger partial charge in [0.05, 0.1) is 22.2 Å². The maximum absolute atomic E-state index is 12.3. The number of rotatable bonds is 13. The summed E-state index contributed by atoms with van der Waals surface area (Å²) >= 11 is 0. The van der Waals surface area contributed by atoms with Gasteiger partial charge in [-0.25, -0.2) is 8.42 Å². The van der Waals surface area contributed by atoms with Crippen LogP contribution in [-0.4, -0.2) is 29.2 Å². The maximum atomic E-state index is 12.3. The molecule has 2 aromatic rings. The molecule has 2 aromatic carbocycles. The Hall–Kier alpha value is -1.70. The molecule has 166 valence electrons. The summed E-state index contributed by atoms with van der Waals surface area (Å²) < 4.78 is 53.8. The Morgan fingerprint density at radius 3 is 1.57 bits per heavy atom. The van der Waals surface area contributed by atoms with Gasteiger partial charge in [0.15, 0.2) is 9.84 Å². The maximum Gasteiger partial charge on any atom is 0.296 e. The average Bonchev–Trinajstić information content (AvgIpc) is 2.70. The fourth-order valence-corrected chi connectivity index (χ4v) is 5.40. The molecule has 0 spiro atoms. The van der Waals surface area contributed by atoms with Crippen molar-refractivity contribution in [3.05, 3.63) is 59.7 Å². The first-order chi connectivity index (χ1) is 14.2. The van der Waals surface area contributed by atoms with Crippen LogP contribution in [0.1, 0.15) is 56.1 Å². The van der Waals surface area contributed by atoms with Gasteiger partial charge in [-0.3, -0.25) is 4.18 Å². The quantitative estimate of drug-likeness (QED) is 0.308. The molecule has 0 radical (unpaired) electrons. The van der Waals surface area contributed by atoms with E-state index in [-0.39, 0.29) is 17.3 Å². The number of unbranched alkanes of at least 4 members (excludes halogenated alkanes) is 6. The molecule has 0 bridgehead atoms. The van der Waals surface area contributed by atoms with Gasteiger partial charge in [0.25, 0.3) is 10.1 Å². The van der Waals surface area contributed by atoms with E-state index in [2.05, 4.69) is 0 Å². The molecule has 7 heteroatoms. The summed E-state index contributed by atoms with van der Waals surface area (Å²) in [4.78, 5) is 0.586. The SMILES string of the molecule is Cc1ccc(S(=O)(=O)CCCCCCCCCOS(=O)(=O)c2ccc(C)cc2)cc1. The zero-order valence-electron chi connectivity index (χ0n) is 17.8. The fourth-order valence-electron chi connectivity index (χ4n) is 3.08. The Kier molecular flexibility index (Phi) is 9.52. The first-order valence-corrected chi connectivity index (χ1v) is 13.5. The second-order valence-corrected chi connectivity index (χ2v) is 11.4. The standard InChI is InChI=1S/C23H32O5S2/c1-20-10-14-22(15-11-20)29(24,25)19-9-7-5-3-4-6-8-18-28-30(26,27)23-16-12-21(2)13-17-23/h10-17H,3-9,18-19H2,1-2H3. The van der Waals surface area contributed by atoms with E-state index in [4.69, 9.17) is 4.18 Å². The molecular weight excluding hydrogens is 420 g/mol. The summed E-state index contributed by atoms with van der Waals surface area (Å²) in [6.07, 6.45) is 6.09. The molecule has 2 rings (SSSR count). The van der Waals surface area contributed by atoms with E-state index >= 15 is 0 Å². The molecule has 0 saturated carbocycles. The Bertz CT molecular complexity index is 893. The summed E-state index contributed by atoms with van der Waals surface area (Å²) in [5, 5.41) is 0. The van der Waals surface area contributed by atoms with Crippen molar-refractivity contribution >= 4 is 20.0 Å². The normalized spacial score (nSPS) is 12.2. The zero-order chi connectivity index (χ0) is 22.0. The summed E-state index contributed by atoms with van der Waals surface area (Å²) in [6.45, 7) is 4.02. The topological polar surface area (TPSA) is 77.5 Å². The lowest BCUT2D eigenvalue weighted by Crippen LogP contribution is -2.07. The number of aryl methyl sites for hydroxylation is 2. The van der Waals surface area contributed by atoms with E-state index in [9.17, 15) is 16.8 Å². The first kappa shape index (κ1) is 24.6. The van der Waals surface area contributed by atoms with Crippen LogP contribution in [0, 0.1) is 13.8 Å². The van der Waals surface area contributed by atoms with Gasteiger partial charge in [-0.1, -0.05) is 67.5 Å². The van der Waals surface area contributed by atoms with Gasteiger partial charge in [0, 0.05) is 0 Å². The number of sulfone groups is 1. The Labute approximate surface area is 181 Å². The van der Waals surface area contributed by atoms with Crippen LogP contribution in [0.3, 0.4) is 0 Å². The highest BCUT2D eigenvalue weighted by molar-refractivity contribution is 7.91. The van der Waals surface area contributed by atoms with Crippen LogP contribution in [0.15, 0.2) is 58.3 Å². The van der Waals surface area contributed by atoms with Crippen LogP contribution < -0.4 is 0 Å². The van der Waals surface area contributed by atoms with Gasteiger partial charge in [-0.2, -0.15) is 8.42 Å². The number of benzene rings is 2. The summed E-state index contributed by atoms with van der Waals surface area (Å²) in [7, 11) is -6.87. The van der Waals surface area contributed by atoms with Gasteiger partial charge in [0.2, 0.25) is 0 Å². The van der Waals surface area contributed by atoms with Crippen LogP contribution >= 0.6 is 0 Å².